The van der Waals surface area contributed by atoms with E-state index in [1.54, 1.807) is 24.3 Å². The van der Waals surface area contributed by atoms with Gasteiger partial charge >= 0.3 is 5.97 Å². The van der Waals surface area contributed by atoms with Crippen LogP contribution in [-0.4, -0.2) is 46.6 Å². The lowest BCUT2D eigenvalue weighted by Crippen LogP contribution is -2.48. The van der Waals surface area contributed by atoms with E-state index < -0.39 is 12.0 Å². The molecule has 0 bridgehead atoms. The zero-order valence-electron chi connectivity index (χ0n) is 22.2. The molecular formula is C33H34N2O4. The van der Waals surface area contributed by atoms with Crippen molar-refractivity contribution in [3.63, 3.8) is 0 Å². The molecule has 1 aliphatic heterocycles. The number of para-hydroxylation sites is 1. The van der Waals surface area contributed by atoms with E-state index in [4.69, 9.17) is 0 Å². The van der Waals surface area contributed by atoms with Crippen LogP contribution < -0.4 is 0 Å². The van der Waals surface area contributed by atoms with Crippen LogP contribution in [0.2, 0.25) is 0 Å². The Labute approximate surface area is 228 Å². The molecule has 0 radical (unpaired) electrons. The summed E-state index contributed by atoms with van der Waals surface area (Å²) in [5.74, 6) is -0.146. The Balaban J connectivity index is 0.000000169. The monoisotopic (exact) mass is 522 g/mol. The molecule has 200 valence electrons. The van der Waals surface area contributed by atoms with Crippen LogP contribution in [0.25, 0.3) is 22.0 Å². The number of aromatic nitrogens is 1. The van der Waals surface area contributed by atoms with Crippen LogP contribution >= 0.6 is 0 Å². The van der Waals surface area contributed by atoms with Crippen molar-refractivity contribution < 1.29 is 19.5 Å². The Morgan fingerprint density at radius 3 is 1.95 bits per heavy atom. The quantitative estimate of drug-likeness (QED) is 0.284. The second-order valence-electron chi connectivity index (χ2n) is 10.6. The molecule has 1 fully saturated rings. The maximum Gasteiger partial charge on any atom is 0.321 e. The van der Waals surface area contributed by atoms with Gasteiger partial charge in [-0.05, 0) is 48.6 Å². The second-order valence-corrected chi connectivity index (χ2v) is 10.6. The minimum Gasteiger partial charge on any atom is -0.480 e. The van der Waals surface area contributed by atoms with Crippen molar-refractivity contribution in [2.75, 3.05) is 7.05 Å². The normalized spacial score (nSPS) is 19.5. The van der Waals surface area contributed by atoms with Crippen molar-refractivity contribution in [1.82, 2.24) is 9.88 Å². The molecule has 0 spiro atoms. The molecule has 1 aromatic heterocycles. The first-order chi connectivity index (χ1) is 19.0. The minimum atomic E-state index is -0.704. The molecule has 0 amide bonds. The number of hydrogen-bond acceptors (Lipinski definition) is 4. The molecule has 1 aliphatic carbocycles. The fourth-order valence-electron chi connectivity index (χ4n) is 6.22. The Morgan fingerprint density at radius 2 is 1.41 bits per heavy atom. The first kappa shape index (κ1) is 26.6. The molecule has 39 heavy (non-hydrogen) atoms. The maximum absolute atomic E-state index is 11.8. The highest BCUT2D eigenvalue weighted by molar-refractivity contribution is 5.87. The van der Waals surface area contributed by atoms with E-state index in [0.717, 1.165) is 29.2 Å². The lowest BCUT2D eigenvalue weighted by Gasteiger charge is -2.42. The fraction of sp³-hybridized carbons (Fsp3) is 0.303. The van der Waals surface area contributed by atoms with Crippen LogP contribution in [-0.2, 0) is 11.2 Å². The molecule has 6 nitrogen and oxygen atoms in total. The zero-order valence-corrected chi connectivity index (χ0v) is 22.2. The number of carbonyl (C=O) groups is 3. The highest BCUT2D eigenvalue weighted by atomic mass is 16.4. The van der Waals surface area contributed by atoms with Crippen molar-refractivity contribution in [2.24, 2.45) is 5.92 Å². The van der Waals surface area contributed by atoms with Gasteiger partial charge in [0.2, 0.25) is 0 Å². The van der Waals surface area contributed by atoms with Gasteiger partial charge in [0.15, 0.2) is 0 Å². The van der Waals surface area contributed by atoms with Gasteiger partial charge < -0.3 is 10.1 Å². The Hall–Kier alpha value is -4.03. The Kier molecular flexibility index (Phi) is 8.03. The summed E-state index contributed by atoms with van der Waals surface area (Å²) in [7, 11) is 1.99. The smallest absolute Gasteiger partial charge is 0.321 e. The molecular weight excluding hydrogens is 488 g/mol. The van der Waals surface area contributed by atoms with Crippen molar-refractivity contribution in [1.29, 1.82) is 0 Å². The van der Waals surface area contributed by atoms with Gasteiger partial charge in [-0.2, -0.15) is 0 Å². The molecule has 6 heteroatoms. The SMILES string of the molecule is CN1C(C(=O)O)Cc2c([nH]c3ccccc23)[C@@H]1C1CCCCC1.O=Cc1ccc(-c2ccc(C=O)cc2)cc1. The van der Waals surface area contributed by atoms with Crippen LogP contribution in [0.5, 0.6) is 0 Å². The number of H-pyrrole nitrogens is 1. The van der Waals surface area contributed by atoms with Gasteiger partial charge in [0, 0.05) is 34.1 Å². The maximum atomic E-state index is 11.8. The van der Waals surface area contributed by atoms with Gasteiger partial charge in [0.05, 0.1) is 6.04 Å². The summed E-state index contributed by atoms with van der Waals surface area (Å²) in [5, 5.41) is 10.9. The van der Waals surface area contributed by atoms with Gasteiger partial charge in [-0.3, -0.25) is 19.3 Å². The molecule has 4 aromatic rings. The van der Waals surface area contributed by atoms with Crippen molar-refractivity contribution >= 4 is 29.4 Å². The largest absolute Gasteiger partial charge is 0.480 e. The average molecular weight is 523 g/mol. The van der Waals surface area contributed by atoms with Crippen molar-refractivity contribution in [3.05, 3.63) is 95.2 Å². The van der Waals surface area contributed by atoms with Crippen molar-refractivity contribution in [3.8, 4) is 11.1 Å². The minimum absolute atomic E-state index is 0.201. The summed E-state index contributed by atoms with van der Waals surface area (Å²) in [6.07, 6.45) is 8.48. The summed E-state index contributed by atoms with van der Waals surface area (Å²) < 4.78 is 0. The second kappa shape index (κ2) is 11.8. The number of aliphatic carboxylic acids is 1. The first-order valence-electron chi connectivity index (χ1n) is 13.6. The van der Waals surface area contributed by atoms with E-state index >= 15 is 0 Å². The zero-order chi connectivity index (χ0) is 27.4. The van der Waals surface area contributed by atoms with E-state index in [9.17, 15) is 19.5 Å². The molecule has 1 unspecified atom stereocenters. The lowest BCUT2D eigenvalue weighted by atomic mass is 9.78. The topological polar surface area (TPSA) is 90.5 Å². The summed E-state index contributed by atoms with van der Waals surface area (Å²) in [4.78, 5) is 38.5. The van der Waals surface area contributed by atoms with Crippen LogP contribution in [0.4, 0.5) is 0 Å². The predicted octanol–water partition coefficient (Wildman–Crippen LogP) is 6.71. The number of carboxylic acid groups (broad SMARTS) is 1. The summed E-state index contributed by atoms with van der Waals surface area (Å²) in [5.41, 5.74) is 7.00. The van der Waals surface area contributed by atoms with Gasteiger partial charge in [-0.1, -0.05) is 86.0 Å². The lowest BCUT2D eigenvalue weighted by molar-refractivity contribution is -0.144. The van der Waals surface area contributed by atoms with Gasteiger partial charge in [0.1, 0.15) is 18.6 Å². The number of hydrogen-bond donors (Lipinski definition) is 2. The highest BCUT2D eigenvalue weighted by Gasteiger charge is 2.41. The third kappa shape index (κ3) is 5.57. The third-order valence-corrected chi connectivity index (χ3v) is 8.28. The number of carbonyl (C=O) groups excluding carboxylic acids is 2. The van der Waals surface area contributed by atoms with Gasteiger partial charge in [-0.25, -0.2) is 0 Å². The fourth-order valence-corrected chi connectivity index (χ4v) is 6.22. The molecule has 2 heterocycles. The predicted molar refractivity (Wildman–Crippen MR) is 153 cm³/mol. The number of benzene rings is 3. The molecule has 2 atom stereocenters. The standard InChI is InChI=1S/C19H24N2O2.C14H10O2/c1-21-16(19(22)23)11-14-13-9-5-6-10-15(13)20-17(14)18(21)12-7-3-2-4-8-12;15-9-11-1-5-13(6-2-11)14-7-3-12(10-16)4-8-14/h5-6,9-10,12,16,18,20H,2-4,7-8,11H2,1H3,(H,22,23);1-10H/t16?,18-;/m0./s1. The summed E-state index contributed by atoms with van der Waals surface area (Å²) in [6.45, 7) is 0. The number of nitrogens with one attached hydrogen (secondary N) is 1. The number of aldehydes is 2. The third-order valence-electron chi connectivity index (χ3n) is 8.28. The number of rotatable bonds is 5. The molecule has 2 aliphatic rings. The number of aromatic amines is 1. The molecule has 6 rings (SSSR count). The van der Waals surface area contributed by atoms with Crippen LogP contribution in [0.15, 0.2) is 72.8 Å². The highest BCUT2D eigenvalue weighted by Crippen LogP contribution is 2.44. The first-order valence-corrected chi connectivity index (χ1v) is 13.6. The van der Waals surface area contributed by atoms with Crippen molar-refractivity contribution in [2.45, 2.75) is 50.6 Å². The van der Waals surface area contributed by atoms with Crippen LogP contribution in [0.1, 0.15) is 70.1 Å². The molecule has 2 N–H and O–H groups in total. The molecule has 3 aromatic carbocycles. The van der Waals surface area contributed by atoms with E-state index in [0.29, 0.717) is 23.5 Å². The van der Waals surface area contributed by atoms with Gasteiger partial charge in [-0.15, -0.1) is 0 Å². The van der Waals surface area contributed by atoms with Gasteiger partial charge in [0.25, 0.3) is 0 Å². The van der Waals surface area contributed by atoms with Crippen LogP contribution in [0.3, 0.4) is 0 Å². The summed E-state index contributed by atoms with van der Waals surface area (Å²) in [6, 6.07) is 22.7. The molecule has 0 saturated heterocycles. The van der Waals surface area contributed by atoms with E-state index in [2.05, 4.69) is 22.0 Å². The average Bonchev–Trinajstić information content (AvgIpc) is 3.35. The Morgan fingerprint density at radius 1 is 0.846 bits per heavy atom. The number of carboxylic acids is 1. The van der Waals surface area contributed by atoms with E-state index in [1.165, 1.54) is 48.7 Å². The summed E-state index contributed by atoms with van der Waals surface area (Å²) >= 11 is 0. The number of fused-ring (bicyclic) bond motifs is 3. The Bertz CT molecular complexity index is 1400. The molecule has 1 saturated carbocycles. The number of nitrogens with zero attached hydrogens (tertiary/aromatic N) is 1. The number of likely N-dealkylation sites (N-methyl/N-ethyl adjacent to an activating group) is 1. The van der Waals surface area contributed by atoms with E-state index in [1.807, 2.05) is 43.4 Å². The van der Waals surface area contributed by atoms with Crippen LogP contribution in [0, 0.1) is 5.92 Å². The van der Waals surface area contributed by atoms with E-state index in [-0.39, 0.29) is 6.04 Å².